The number of para-hydroxylation sites is 1. The number of carbonyl (C=O) groups excluding carboxylic acids is 1. The van der Waals surface area contributed by atoms with Gasteiger partial charge in [-0.1, -0.05) is 78.4 Å². The van der Waals surface area contributed by atoms with Gasteiger partial charge in [0.1, 0.15) is 11.3 Å². The van der Waals surface area contributed by atoms with Gasteiger partial charge in [-0.05, 0) is 49.4 Å². The number of benzene rings is 3. The molecule has 168 valence electrons. The Bertz CT molecular complexity index is 1480. The summed E-state index contributed by atoms with van der Waals surface area (Å²) in [5.74, 6) is -0.0830. The third kappa shape index (κ3) is 3.43. The van der Waals surface area contributed by atoms with Crippen LogP contribution in [-0.2, 0) is 13.0 Å². The van der Waals surface area contributed by atoms with Gasteiger partial charge in [0.05, 0.1) is 5.69 Å². The van der Waals surface area contributed by atoms with E-state index in [9.17, 15) is 4.79 Å². The molecule has 5 aromatic rings. The molecular formula is C30H27N3O. The van der Waals surface area contributed by atoms with Crippen LogP contribution in [0.2, 0.25) is 0 Å². The van der Waals surface area contributed by atoms with Crippen LogP contribution in [0.4, 0.5) is 5.69 Å². The maximum atomic E-state index is 13.8. The van der Waals surface area contributed by atoms with Crippen LogP contribution < -0.4 is 5.32 Å². The van der Waals surface area contributed by atoms with Crippen molar-refractivity contribution in [3.05, 3.63) is 108 Å². The predicted octanol–water partition coefficient (Wildman–Crippen LogP) is 6.97. The van der Waals surface area contributed by atoms with E-state index >= 15 is 0 Å². The SMILES string of the molecule is Cc1ccc(-c2c3c4n(c(-c5ccccc5)cn4c2C(=O)Nc2ccccc2)CCCC3)cc1. The molecule has 1 aliphatic heterocycles. The van der Waals surface area contributed by atoms with Gasteiger partial charge in [0.2, 0.25) is 0 Å². The summed E-state index contributed by atoms with van der Waals surface area (Å²) in [4.78, 5) is 13.8. The number of aryl methyl sites for hydroxylation is 3. The highest BCUT2D eigenvalue weighted by Crippen LogP contribution is 2.39. The standard InChI is InChI=1S/C30H27N3O/c1-21-15-17-23(18-16-21)27-25-14-8-9-19-32-26(22-10-4-2-5-11-22)20-33(30(25)32)28(27)29(34)31-24-12-6-3-7-13-24/h2-7,10-13,15-18,20H,8-9,14,19H2,1H3,(H,31,34). The monoisotopic (exact) mass is 445 g/mol. The van der Waals surface area contributed by atoms with E-state index in [1.807, 2.05) is 36.4 Å². The van der Waals surface area contributed by atoms with E-state index < -0.39 is 0 Å². The summed E-state index contributed by atoms with van der Waals surface area (Å²) in [5, 5.41) is 3.14. The van der Waals surface area contributed by atoms with Crippen molar-refractivity contribution in [1.82, 2.24) is 8.97 Å². The van der Waals surface area contributed by atoms with Crippen LogP contribution in [0.3, 0.4) is 0 Å². The molecule has 0 saturated heterocycles. The fraction of sp³-hybridized carbons (Fsp3) is 0.167. The predicted molar refractivity (Wildman–Crippen MR) is 138 cm³/mol. The van der Waals surface area contributed by atoms with Gasteiger partial charge in [-0.25, -0.2) is 0 Å². The number of nitrogens with zero attached hydrogens (tertiary/aromatic N) is 2. The van der Waals surface area contributed by atoms with Crippen molar-refractivity contribution in [1.29, 1.82) is 0 Å². The molecular weight excluding hydrogens is 418 g/mol. The highest BCUT2D eigenvalue weighted by atomic mass is 16.1. The summed E-state index contributed by atoms with van der Waals surface area (Å²) in [6, 6.07) is 28.7. The molecule has 0 radical (unpaired) electrons. The number of carbonyl (C=O) groups is 1. The Morgan fingerprint density at radius 3 is 2.26 bits per heavy atom. The highest BCUT2D eigenvalue weighted by Gasteiger charge is 2.29. The van der Waals surface area contributed by atoms with Crippen molar-refractivity contribution in [2.24, 2.45) is 0 Å². The molecule has 0 fully saturated rings. The summed E-state index contributed by atoms with van der Waals surface area (Å²) in [6.07, 6.45) is 5.34. The topological polar surface area (TPSA) is 38.4 Å². The number of aromatic nitrogens is 2. The average molecular weight is 446 g/mol. The summed E-state index contributed by atoms with van der Waals surface area (Å²) < 4.78 is 4.55. The van der Waals surface area contributed by atoms with Gasteiger partial charge in [0, 0.05) is 29.6 Å². The van der Waals surface area contributed by atoms with Gasteiger partial charge in [-0.2, -0.15) is 0 Å². The van der Waals surface area contributed by atoms with Crippen LogP contribution in [0.15, 0.2) is 91.1 Å². The van der Waals surface area contributed by atoms with E-state index in [1.54, 1.807) is 0 Å². The fourth-order valence-corrected chi connectivity index (χ4v) is 5.19. The molecule has 0 spiro atoms. The van der Waals surface area contributed by atoms with Crippen molar-refractivity contribution in [2.75, 3.05) is 5.32 Å². The number of imidazole rings is 1. The Labute approximate surface area is 199 Å². The molecule has 1 amide bonds. The summed E-state index contributed by atoms with van der Waals surface area (Å²) in [5.41, 5.74) is 9.60. The number of nitrogens with one attached hydrogen (secondary N) is 1. The van der Waals surface area contributed by atoms with Gasteiger partial charge in [0.15, 0.2) is 0 Å². The normalized spacial score (nSPS) is 13.1. The minimum Gasteiger partial charge on any atom is -0.325 e. The van der Waals surface area contributed by atoms with E-state index in [2.05, 4.69) is 75.9 Å². The maximum Gasteiger partial charge on any atom is 0.273 e. The van der Waals surface area contributed by atoms with Crippen molar-refractivity contribution >= 4 is 17.2 Å². The lowest BCUT2D eigenvalue weighted by atomic mass is 9.97. The lowest BCUT2D eigenvalue weighted by Gasteiger charge is -2.10. The fourth-order valence-electron chi connectivity index (χ4n) is 5.19. The van der Waals surface area contributed by atoms with Crippen molar-refractivity contribution < 1.29 is 4.79 Å². The average Bonchev–Trinajstić information content (AvgIpc) is 3.29. The van der Waals surface area contributed by atoms with Gasteiger partial charge in [-0.15, -0.1) is 0 Å². The van der Waals surface area contributed by atoms with Crippen LogP contribution in [0.5, 0.6) is 0 Å². The molecule has 6 rings (SSSR count). The third-order valence-electron chi connectivity index (χ3n) is 6.79. The zero-order chi connectivity index (χ0) is 23.1. The third-order valence-corrected chi connectivity index (χ3v) is 6.79. The van der Waals surface area contributed by atoms with E-state index in [4.69, 9.17) is 0 Å². The van der Waals surface area contributed by atoms with E-state index in [0.29, 0.717) is 5.69 Å². The molecule has 3 aromatic carbocycles. The molecule has 4 nitrogen and oxygen atoms in total. The van der Waals surface area contributed by atoms with Crippen molar-refractivity contribution in [3.8, 4) is 22.4 Å². The second kappa shape index (κ2) is 8.38. The molecule has 4 heteroatoms. The lowest BCUT2D eigenvalue weighted by molar-refractivity contribution is 0.102. The number of hydrogen-bond acceptors (Lipinski definition) is 1. The smallest absolute Gasteiger partial charge is 0.273 e. The van der Waals surface area contributed by atoms with Crippen molar-refractivity contribution in [2.45, 2.75) is 32.7 Å². The molecule has 34 heavy (non-hydrogen) atoms. The largest absolute Gasteiger partial charge is 0.325 e. The minimum atomic E-state index is -0.0830. The first-order valence-corrected chi connectivity index (χ1v) is 12.0. The molecule has 0 aliphatic carbocycles. The van der Waals surface area contributed by atoms with Crippen LogP contribution in [0, 0.1) is 6.92 Å². The first-order valence-electron chi connectivity index (χ1n) is 12.0. The number of anilines is 1. The van der Waals surface area contributed by atoms with Crippen LogP contribution in [-0.4, -0.2) is 14.9 Å². The van der Waals surface area contributed by atoms with Crippen molar-refractivity contribution in [3.63, 3.8) is 0 Å². The van der Waals surface area contributed by atoms with E-state index in [-0.39, 0.29) is 5.91 Å². The highest BCUT2D eigenvalue weighted by molar-refractivity contribution is 6.10. The van der Waals surface area contributed by atoms with Gasteiger partial charge in [0.25, 0.3) is 5.91 Å². The first kappa shape index (κ1) is 20.5. The Balaban J connectivity index is 1.62. The van der Waals surface area contributed by atoms with Gasteiger partial charge in [-0.3, -0.25) is 9.20 Å². The summed E-state index contributed by atoms with van der Waals surface area (Å²) >= 11 is 0. The second-order valence-corrected chi connectivity index (χ2v) is 9.07. The first-order chi connectivity index (χ1) is 16.7. The van der Waals surface area contributed by atoms with Crippen LogP contribution in [0.25, 0.3) is 28.0 Å². The number of hydrogen-bond donors (Lipinski definition) is 1. The summed E-state index contributed by atoms with van der Waals surface area (Å²) in [6.45, 7) is 3.04. The molecule has 1 aliphatic rings. The minimum absolute atomic E-state index is 0.0830. The Morgan fingerprint density at radius 1 is 0.824 bits per heavy atom. The molecule has 0 bridgehead atoms. The molecule has 2 aromatic heterocycles. The Morgan fingerprint density at radius 2 is 1.53 bits per heavy atom. The molecule has 1 N–H and O–H groups in total. The number of rotatable bonds is 4. The van der Waals surface area contributed by atoms with Crippen LogP contribution >= 0.6 is 0 Å². The maximum absolute atomic E-state index is 13.8. The van der Waals surface area contributed by atoms with E-state index in [0.717, 1.165) is 54.0 Å². The van der Waals surface area contributed by atoms with Gasteiger partial charge < -0.3 is 9.88 Å². The van der Waals surface area contributed by atoms with Crippen LogP contribution in [0.1, 0.15) is 34.5 Å². The quantitative estimate of drug-likeness (QED) is 0.319. The second-order valence-electron chi connectivity index (χ2n) is 9.07. The Hall–Kier alpha value is -4.05. The number of amides is 1. The van der Waals surface area contributed by atoms with Gasteiger partial charge >= 0.3 is 0 Å². The zero-order valence-electron chi connectivity index (χ0n) is 19.3. The molecule has 3 heterocycles. The lowest BCUT2D eigenvalue weighted by Crippen LogP contribution is -2.15. The zero-order valence-corrected chi connectivity index (χ0v) is 19.3. The molecule has 0 unspecified atom stereocenters. The molecule has 0 atom stereocenters. The summed E-state index contributed by atoms with van der Waals surface area (Å²) in [7, 11) is 0. The molecule has 0 saturated carbocycles. The Kier molecular flexibility index (Phi) is 5.06. The van der Waals surface area contributed by atoms with E-state index in [1.165, 1.54) is 16.7 Å².